The standard InChI is InChI=1S/C14H18N2OS/c1-14(6-3-7-14)9-15-13-16-11-5-4-10(17-2)8-12(11)18-13/h4-5,8H,3,6-7,9H2,1-2H3,(H,15,16). The maximum atomic E-state index is 5.23. The molecule has 0 atom stereocenters. The first-order chi connectivity index (χ1) is 8.68. The molecule has 0 saturated heterocycles. The number of aromatic nitrogens is 1. The number of fused-ring (bicyclic) bond motifs is 1. The van der Waals surface area contributed by atoms with Gasteiger partial charge in [-0.2, -0.15) is 0 Å². The molecule has 0 amide bonds. The minimum Gasteiger partial charge on any atom is -0.497 e. The number of benzene rings is 1. The van der Waals surface area contributed by atoms with E-state index in [9.17, 15) is 0 Å². The van der Waals surface area contributed by atoms with Crippen LogP contribution in [0.2, 0.25) is 0 Å². The van der Waals surface area contributed by atoms with Crippen molar-refractivity contribution < 1.29 is 4.74 Å². The molecule has 1 aliphatic carbocycles. The summed E-state index contributed by atoms with van der Waals surface area (Å²) in [5.41, 5.74) is 1.53. The van der Waals surface area contributed by atoms with Crippen LogP contribution in [-0.4, -0.2) is 18.6 Å². The summed E-state index contributed by atoms with van der Waals surface area (Å²) in [5, 5.41) is 4.50. The number of methoxy groups -OCH3 is 1. The maximum absolute atomic E-state index is 5.23. The molecule has 1 fully saturated rings. The molecular weight excluding hydrogens is 244 g/mol. The van der Waals surface area contributed by atoms with Crippen molar-refractivity contribution in [2.45, 2.75) is 26.2 Å². The fraction of sp³-hybridized carbons (Fsp3) is 0.500. The van der Waals surface area contributed by atoms with Crippen molar-refractivity contribution in [3.63, 3.8) is 0 Å². The molecule has 0 aliphatic heterocycles. The summed E-state index contributed by atoms with van der Waals surface area (Å²) in [4.78, 5) is 4.60. The van der Waals surface area contributed by atoms with Gasteiger partial charge in [0.05, 0.1) is 17.3 Å². The van der Waals surface area contributed by atoms with Gasteiger partial charge < -0.3 is 10.1 Å². The van der Waals surface area contributed by atoms with Crippen LogP contribution in [0.5, 0.6) is 5.75 Å². The van der Waals surface area contributed by atoms with Crippen molar-refractivity contribution in [3.8, 4) is 5.75 Å². The van der Waals surface area contributed by atoms with Crippen LogP contribution in [0.25, 0.3) is 10.2 Å². The summed E-state index contributed by atoms with van der Waals surface area (Å²) in [6, 6.07) is 6.02. The second-order valence-corrected chi connectivity index (χ2v) is 6.40. The first kappa shape index (κ1) is 11.8. The predicted octanol–water partition coefficient (Wildman–Crippen LogP) is 3.91. The van der Waals surface area contributed by atoms with E-state index in [0.717, 1.165) is 22.9 Å². The van der Waals surface area contributed by atoms with Crippen molar-refractivity contribution in [3.05, 3.63) is 18.2 Å². The van der Waals surface area contributed by atoms with Crippen LogP contribution in [0.15, 0.2) is 18.2 Å². The van der Waals surface area contributed by atoms with Crippen LogP contribution in [0.3, 0.4) is 0 Å². The molecule has 96 valence electrons. The van der Waals surface area contributed by atoms with Crippen LogP contribution in [0.4, 0.5) is 5.13 Å². The highest BCUT2D eigenvalue weighted by Gasteiger charge is 2.31. The van der Waals surface area contributed by atoms with Gasteiger partial charge in [-0.15, -0.1) is 0 Å². The minimum atomic E-state index is 0.482. The van der Waals surface area contributed by atoms with Gasteiger partial charge in [-0.1, -0.05) is 24.7 Å². The first-order valence-electron chi connectivity index (χ1n) is 6.37. The second kappa shape index (κ2) is 4.43. The maximum Gasteiger partial charge on any atom is 0.183 e. The summed E-state index contributed by atoms with van der Waals surface area (Å²) >= 11 is 1.70. The zero-order valence-electron chi connectivity index (χ0n) is 10.8. The van der Waals surface area contributed by atoms with Gasteiger partial charge in [0.2, 0.25) is 0 Å². The lowest BCUT2D eigenvalue weighted by molar-refractivity contribution is 0.180. The highest BCUT2D eigenvalue weighted by molar-refractivity contribution is 7.22. The van der Waals surface area contributed by atoms with Crippen molar-refractivity contribution in [1.82, 2.24) is 4.98 Å². The lowest BCUT2D eigenvalue weighted by Gasteiger charge is -2.38. The van der Waals surface area contributed by atoms with Gasteiger partial charge in [-0.3, -0.25) is 0 Å². The van der Waals surface area contributed by atoms with Gasteiger partial charge in [0, 0.05) is 6.54 Å². The van der Waals surface area contributed by atoms with Crippen molar-refractivity contribution in [1.29, 1.82) is 0 Å². The van der Waals surface area contributed by atoms with E-state index in [1.807, 2.05) is 18.2 Å². The quantitative estimate of drug-likeness (QED) is 0.907. The molecule has 4 heteroatoms. The van der Waals surface area contributed by atoms with Gasteiger partial charge >= 0.3 is 0 Å². The number of nitrogens with zero attached hydrogens (tertiary/aromatic N) is 1. The highest BCUT2D eigenvalue weighted by Crippen LogP contribution is 2.40. The zero-order chi connectivity index (χ0) is 12.6. The van der Waals surface area contributed by atoms with Crippen molar-refractivity contribution >= 4 is 26.7 Å². The van der Waals surface area contributed by atoms with Gasteiger partial charge in [-0.05, 0) is 36.5 Å². The third-order valence-corrected chi connectivity index (χ3v) is 4.80. The molecule has 3 nitrogen and oxygen atoms in total. The van der Waals surface area contributed by atoms with Crippen LogP contribution >= 0.6 is 11.3 Å². The van der Waals surface area contributed by atoms with Gasteiger partial charge in [0.15, 0.2) is 5.13 Å². The van der Waals surface area contributed by atoms with Crippen molar-refractivity contribution in [2.75, 3.05) is 19.0 Å². The van der Waals surface area contributed by atoms with Crippen LogP contribution in [0, 0.1) is 5.41 Å². The second-order valence-electron chi connectivity index (χ2n) is 5.37. The van der Waals surface area contributed by atoms with E-state index < -0.39 is 0 Å². The van der Waals surface area contributed by atoms with E-state index in [1.54, 1.807) is 18.4 Å². The number of hydrogen-bond acceptors (Lipinski definition) is 4. The smallest absolute Gasteiger partial charge is 0.183 e. The van der Waals surface area contributed by atoms with E-state index in [0.29, 0.717) is 5.41 Å². The molecule has 1 aromatic heterocycles. The molecule has 0 bridgehead atoms. The Bertz CT molecular complexity index is 560. The molecule has 18 heavy (non-hydrogen) atoms. The van der Waals surface area contributed by atoms with Gasteiger partial charge in [-0.25, -0.2) is 4.98 Å². The average molecular weight is 262 g/mol. The molecule has 1 N–H and O–H groups in total. The van der Waals surface area contributed by atoms with Crippen LogP contribution < -0.4 is 10.1 Å². The Morgan fingerprint density at radius 2 is 2.28 bits per heavy atom. The van der Waals surface area contributed by atoms with E-state index in [1.165, 1.54) is 24.0 Å². The summed E-state index contributed by atoms with van der Waals surface area (Å²) in [6.07, 6.45) is 4.03. The number of nitrogens with one attached hydrogen (secondary N) is 1. The lowest BCUT2D eigenvalue weighted by atomic mass is 9.70. The topological polar surface area (TPSA) is 34.1 Å². The molecule has 0 radical (unpaired) electrons. The average Bonchev–Trinajstić information content (AvgIpc) is 2.75. The molecular formula is C14H18N2OS. The molecule has 0 spiro atoms. The normalized spacial score (nSPS) is 17.4. The zero-order valence-corrected chi connectivity index (χ0v) is 11.6. The molecule has 1 heterocycles. The predicted molar refractivity (Wildman–Crippen MR) is 76.6 cm³/mol. The molecule has 2 aromatic rings. The van der Waals surface area contributed by atoms with E-state index in [2.05, 4.69) is 17.2 Å². The van der Waals surface area contributed by atoms with E-state index >= 15 is 0 Å². The summed E-state index contributed by atoms with van der Waals surface area (Å²) in [6.45, 7) is 3.38. The lowest BCUT2D eigenvalue weighted by Crippen LogP contribution is -2.33. The number of thiazole rings is 1. The number of rotatable bonds is 4. The molecule has 0 unspecified atom stereocenters. The van der Waals surface area contributed by atoms with Crippen LogP contribution in [-0.2, 0) is 0 Å². The molecule has 1 aromatic carbocycles. The fourth-order valence-electron chi connectivity index (χ4n) is 2.35. The largest absolute Gasteiger partial charge is 0.497 e. The number of anilines is 1. The summed E-state index contributed by atoms with van der Waals surface area (Å²) in [5.74, 6) is 0.892. The summed E-state index contributed by atoms with van der Waals surface area (Å²) in [7, 11) is 1.69. The third kappa shape index (κ3) is 2.17. The Labute approximate surface area is 111 Å². The number of ether oxygens (including phenoxy) is 1. The van der Waals surface area contributed by atoms with Crippen molar-refractivity contribution in [2.24, 2.45) is 5.41 Å². The Morgan fingerprint density at radius 3 is 2.94 bits per heavy atom. The molecule has 3 rings (SSSR count). The fourth-order valence-corrected chi connectivity index (χ4v) is 3.24. The van der Waals surface area contributed by atoms with Gasteiger partial charge in [0.1, 0.15) is 5.75 Å². The monoisotopic (exact) mass is 262 g/mol. The SMILES string of the molecule is COc1ccc2nc(NCC3(C)CCC3)sc2c1. The van der Waals surface area contributed by atoms with E-state index in [4.69, 9.17) is 4.74 Å². The Kier molecular flexibility index (Phi) is 2.90. The molecule has 1 aliphatic rings. The summed E-state index contributed by atoms with van der Waals surface area (Å²) < 4.78 is 6.41. The first-order valence-corrected chi connectivity index (χ1v) is 7.19. The third-order valence-electron chi connectivity index (χ3n) is 3.82. The highest BCUT2D eigenvalue weighted by atomic mass is 32.1. The number of hydrogen-bond donors (Lipinski definition) is 1. The van der Waals surface area contributed by atoms with E-state index in [-0.39, 0.29) is 0 Å². The Balaban J connectivity index is 1.76. The minimum absolute atomic E-state index is 0.482. The molecule has 1 saturated carbocycles. The van der Waals surface area contributed by atoms with Gasteiger partial charge in [0.25, 0.3) is 0 Å². The Morgan fingerprint density at radius 1 is 1.44 bits per heavy atom. The Hall–Kier alpha value is -1.29. The van der Waals surface area contributed by atoms with Crippen LogP contribution in [0.1, 0.15) is 26.2 Å².